The SMILES string of the molecule is NCc1nc(C(=O)NCc2csc(-c3cnccn3)n2)co1. The molecule has 0 spiro atoms. The molecule has 3 aromatic heterocycles. The van der Waals surface area contributed by atoms with Gasteiger partial charge in [-0.2, -0.15) is 0 Å². The van der Waals surface area contributed by atoms with Crippen molar-refractivity contribution in [1.82, 2.24) is 25.3 Å². The quantitative estimate of drug-likeness (QED) is 0.719. The molecule has 112 valence electrons. The number of nitrogens with two attached hydrogens (primary N) is 1. The Bertz CT molecular complexity index is 770. The van der Waals surface area contributed by atoms with Crippen LogP contribution in [0.3, 0.4) is 0 Å². The van der Waals surface area contributed by atoms with Crippen molar-refractivity contribution in [2.24, 2.45) is 5.73 Å². The van der Waals surface area contributed by atoms with E-state index in [1.165, 1.54) is 17.6 Å². The monoisotopic (exact) mass is 316 g/mol. The lowest BCUT2D eigenvalue weighted by Gasteiger charge is -1.99. The summed E-state index contributed by atoms with van der Waals surface area (Å²) >= 11 is 1.44. The van der Waals surface area contributed by atoms with Gasteiger partial charge in [-0.3, -0.25) is 14.8 Å². The number of oxazole rings is 1. The number of hydrogen-bond donors (Lipinski definition) is 2. The Labute approximate surface area is 129 Å². The largest absolute Gasteiger partial charge is 0.447 e. The lowest BCUT2D eigenvalue weighted by Crippen LogP contribution is -2.23. The Balaban J connectivity index is 1.62. The van der Waals surface area contributed by atoms with Gasteiger partial charge in [0.25, 0.3) is 5.91 Å². The first-order chi connectivity index (χ1) is 10.8. The molecule has 0 unspecified atom stereocenters. The first-order valence-corrected chi connectivity index (χ1v) is 7.27. The average Bonchev–Trinajstić information content (AvgIpc) is 3.22. The van der Waals surface area contributed by atoms with Crippen LogP contribution in [0.25, 0.3) is 10.7 Å². The van der Waals surface area contributed by atoms with Gasteiger partial charge < -0.3 is 15.5 Å². The second-order valence-electron chi connectivity index (χ2n) is 4.25. The van der Waals surface area contributed by atoms with Crippen LogP contribution in [-0.2, 0) is 13.1 Å². The smallest absolute Gasteiger partial charge is 0.273 e. The van der Waals surface area contributed by atoms with Crippen LogP contribution >= 0.6 is 11.3 Å². The minimum atomic E-state index is -0.336. The standard InChI is InChI=1S/C13H12N6O2S/c14-3-11-19-10(6-21-11)12(20)17-4-8-7-22-13(18-8)9-5-15-1-2-16-9/h1-2,5-7H,3-4,14H2,(H,17,20). The molecule has 3 aromatic rings. The zero-order chi connectivity index (χ0) is 15.4. The van der Waals surface area contributed by atoms with Crippen molar-refractivity contribution in [3.05, 3.63) is 47.5 Å². The summed E-state index contributed by atoms with van der Waals surface area (Å²) in [6, 6.07) is 0. The predicted molar refractivity (Wildman–Crippen MR) is 78.7 cm³/mol. The van der Waals surface area contributed by atoms with Crippen molar-refractivity contribution in [2.45, 2.75) is 13.1 Å². The molecule has 1 amide bonds. The summed E-state index contributed by atoms with van der Waals surface area (Å²) in [5, 5.41) is 5.34. The van der Waals surface area contributed by atoms with Crippen molar-refractivity contribution in [1.29, 1.82) is 0 Å². The third kappa shape index (κ3) is 3.15. The van der Waals surface area contributed by atoms with Crippen LogP contribution in [0.4, 0.5) is 0 Å². The molecule has 0 saturated carbocycles. The summed E-state index contributed by atoms with van der Waals surface area (Å²) in [5.41, 5.74) is 7.02. The number of thiazole rings is 1. The number of carbonyl (C=O) groups is 1. The van der Waals surface area contributed by atoms with Gasteiger partial charge in [0.1, 0.15) is 17.0 Å². The molecule has 0 aliphatic carbocycles. The highest BCUT2D eigenvalue weighted by Crippen LogP contribution is 2.20. The Morgan fingerprint density at radius 3 is 3.00 bits per heavy atom. The second kappa shape index (κ2) is 6.41. The molecule has 0 aromatic carbocycles. The average molecular weight is 316 g/mol. The number of carbonyl (C=O) groups excluding carboxylic acids is 1. The molecule has 3 N–H and O–H groups in total. The fraction of sp³-hybridized carbons (Fsp3) is 0.154. The first-order valence-electron chi connectivity index (χ1n) is 6.39. The van der Waals surface area contributed by atoms with Gasteiger partial charge in [-0.15, -0.1) is 11.3 Å². The summed E-state index contributed by atoms with van der Waals surface area (Å²) < 4.78 is 5.02. The Kier molecular flexibility index (Phi) is 4.17. The fourth-order valence-electron chi connectivity index (χ4n) is 1.69. The third-order valence-corrected chi connectivity index (χ3v) is 3.64. The van der Waals surface area contributed by atoms with Crippen LogP contribution in [0.15, 0.2) is 34.7 Å². The van der Waals surface area contributed by atoms with Crippen LogP contribution < -0.4 is 11.1 Å². The topological polar surface area (TPSA) is 120 Å². The molecule has 0 aliphatic heterocycles. The number of amides is 1. The molecule has 9 heteroatoms. The van der Waals surface area contributed by atoms with Crippen LogP contribution in [-0.4, -0.2) is 25.8 Å². The zero-order valence-corrected chi connectivity index (χ0v) is 12.2. The normalized spacial score (nSPS) is 10.6. The number of nitrogens with one attached hydrogen (secondary N) is 1. The summed E-state index contributed by atoms with van der Waals surface area (Å²) in [5.74, 6) is -0.0127. The Morgan fingerprint density at radius 1 is 1.36 bits per heavy atom. The van der Waals surface area contributed by atoms with E-state index >= 15 is 0 Å². The number of hydrogen-bond acceptors (Lipinski definition) is 8. The molecule has 0 aliphatic rings. The van der Waals surface area contributed by atoms with E-state index in [1.54, 1.807) is 18.6 Å². The summed E-state index contributed by atoms with van der Waals surface area (Å²) in [7, 11) is 0. The van der Waals surface area contributed by atoms with Crippen molar-refractivity contribution in [3.63, 3.8) is 0 Å². The Hall–Kier alpha value is -2.65. The van der Waals surface area contributed by atoms with Gasteiger partial charge in [-0.1, -0.05) is 0 Å². The molecule has 0 saturated heterocycles. The van der Waals surface area contributed by atoms with Gasteiger partial charge in [-0.05, 0) is 0 Å². The zero-order valence-electron chi connectivity index (χ0n) is 11.4. The van der Waals surface area contributed by atoms with Crippen LogP contribution in [0.5, 0.6) is 0 Å². The van der Waals surface area contributed by atoms with Gasteiger partial charge >= 0.3 is 0 Å². The fourth-order valence-corrected chi connectivity index (χ4v) is 2.47. The van der Waals surface area contributed by atoms with Crippen molar-refractivity contribution in [3.8, 4) is 10.7 Å². The first kappa shape index (κ1) is 14.3. The maximum absolute atomic E-state index is 11.9. The molecular weight excluding hydrogens is 304 g/mol. The molecule has 0 bridgehead atoms. The van der Waals surface area contributed by atoms with E-state index in [0.29, 0.717) is 18.1 Å². The van der Waals surface area contributed by atoms with Crippen LogP contribution in [0, 0.1) is 0 Å². The van der Waals surface area contributed by atoms with E-state index < -0.39 is 0 Å². The molecule has 0 atom stereocenters. The van der Waals surface area contributed by atoms with Gasteiger partial charge in [0.2, 0.25) is 5.89 Å². The summed E-state index contributed by atoms with van der Waals surface area (Å²) in [4.78, 5) is 28.4. The summed E-state index contributed by atoms with van der Waals surface area (Å²) in [6.07, 6.45) is 6.14. The lowest BCUT2D eigenvalue weighted by molar-refractivity contribution is 0.0945. The lowest BCUT2D eigenvalue weighted by atomic mass is 10.4. The molecule has 8 nitrogen and oxygen atoms in total. The molecule has 0 fully saturated rings. The minimum Gasteiger partial charge on any atom is -0.447 e. The highest BCUT2D eigenvalue weighted by molar-refractivity contribution is 7.13. The van der Waals surface area contributed by atoms with E-state index in [9.17, 15) is 4.79 Å². The van der Waals surface area contributed by atoms with E-state index in [2.05, 4.69) is 25.3 Å². The molecule has 3 heterocycles. The molecule has 0 radical (unpaired) electrons. The van der Waals surface area contributed by atoms with Gasteiger partial charge in [0.05, 0.1) is 25.0 Å². The van der Waals surface area contributed by atoms with Gasteiger partial charge in [0, 0.05) is 17.8 Å². The van der Waals surface area contributed by atoms with Gasteiger partial charge in [0.15, 0.2) is 5.69 Å². The predicted octanol–water partition coefficient (Wildman–Crippen LogP) is 0.977. The van der Waals surface area contributed by atoms with Crippen LogP contribution in [0.1, 0.15) is 22.1 Å². The minimum absolute atomic E-state index is 0.154. The second-order valence-corrected chi connectivity index (χ2v) is 5.11. The summed E-state index contributed by atoms with van der Waals surface area (Å²) in [6.45, 7) is 0.446. The van der Waals surface area contributed by atoms with E-state index in [4.69, 9.17) is 10.2 Å². The Morgan fingerprint density at radius 2 is 2.27 bits per heavy atom. The maximum Gasteiger partial charge on any atom is 0.273 e. The number of nitrogens with zero attached hydrogens (tertiary/aromatic N) is 4. The van der Waals surface area contributed by atoms with Crippen molar-refractivity contribution in [2.75, 3.05) is 0 Å². The van der Waals surface area contributed by atoms with E-state index in [1.807, 2.05) is 5.38 Å². The van der Waals surface area contributed by atoms with Crippen molar-refractivity contribution >= 4 is 17.2 Å². The third-order valence-electron chi connectivity index (χ3n) is 2.72. The van der Waals surface area contributed by atoms with Gasteiger partial charge in [-0.25, -0.2) is 9.97 Å². The highest BCUT2D eigenvalue weighted by Gasteiger charge is 2.12. The highest BCUT2D eigenvalue weighted by atomic mass is 32.1. The number of aromatic nitrogens is 4. The molecule has 3 rings (SSSR count). The van der Waals surface area contributed by atoms with Crippen molar-refractivity contribution < 1.29 is 9.21 Å². The number of rotatable bonds is 5. The molecular formula is C13H12N6O2S. The van der Waals surface area contributed by atoms with E-state index in [-0.39, 0.29) is 18.1 Å². The van der Waals surface area contributed by atoms with E-state index in [0.717, 1.165) is 10.7 Å². The van der Waals surface area contributed by atoms with Crippen LogP contribution in [0.2, 0.25) is 0 Å². The molecule has 22 heavy (non-hydrogen) atoms. The maximum atomic E-state index is 11.9.